The van der Waals surface area contributed by atoms with E-state index in [0.717, 1.165) is 30.5 Å². The van der Waals surface area contributed by atoms with E-state index < -0.39 is 5.97 Å². The monoisotopic (exact) mass is 282 g/mol. The van der Waals surface area contributed by atoms with Gasteiger partial charge >= 0.3 is 5.97 Å². The third-order valence-electron chi connectivity index (χ3n) is 4.01. The van der Waals surface area contributed by atoms with E-state index in [1.165, 1.54) is 12.8 Å². The van der Waals surface area contributed by atoms with Gasteiger partial charge in [-0.1, -0.05) is 19.0 Å². The van der Waals surface area contributed by atoms with Gasteiger partial charge in [0, 0.05) is 5.92 Å². The molecule has 1 N–H and O–H groups in total. The summed E-state index contributed by atoms with van der Waals surface area (Å²) in [5, 5.41) is 12.5. The number of hydrogen-bond acceptors (Lipinski definition) is 5. The summed E-state index contributed by atoms with van der Waals surface area (Å²) in [6, 6.07) is 0. The standard InChI is InChI=1S/C14H22N2O4/c1-9(2)10-3-5-11(6-4-10)14-15-12(20-16-14)7-19-8-13(17)18/h9-11H,3-8H2,1-2H3,(H,17,18). The van der Waals surface area contributed by atoms with Crippen LogP contribution in [0.4, 0.5) is 0 Å². The van der Waals surface area contributed by atoms with Crippen molar-refractivity contribution in [1.82, 2.24) is 10.1 Å². The van der Waals surface area contributed by atoms with Gasteiger partial charge in [-0.25, -0.2) is 4.79 Å². The van der Waals surface area contributed by atoms with Crippen LogP contribution in [0.1, 0.15) is 57.2 Å². The maximum Gasteiger partial charge on any atom is 0.329 e. The van der Waals surface area contributed by atoms with Crippen LogP contribution >= 0.6 is 0 Å². The van der Waals surface area contributed by atoms with E-state index in [1.807, 2.05) is 0 Å². The molecule has 1 aliphatic carbocycles. The summed E-state index contributed by atoms with van der Waals surface area (Å²) in [7, 11) is 0. The quantitative estimate of drug-likeness (QED) is 0.863. The molecule has 1 fully saturated rings. The Bertz CT molecular complexity index is 436. The number of ether oxygens (including phenoxy) is 1. The highest BCUT2D eigenvalue weighted by Gasteiger charge is 2.27. The molecule has 0 atom stereocenters. The molecule has 20 heavy (non-hydrogen) atoms. The number of carboxylic acids is 1. The molecule has 1 aliphatic rings. The van der Waals surface area contributed by atoms with Gasteiger partial charge in [-0.15, -0.1) is 0 Å². The van der Waals surface area contributed by atoms with Gasteiger partial charge < -0.3 is 14.4 Å². The molecule has 1 saturated carbocycles. The zero-order valence-corrected chi connectivity index (χ0v) is 12.0. The van der Waals surface area contributed by atoms with E-state index in [9.17, 15) is 4.79 Å². The number of rotatable bonds is 6. The predicted octanol–water partition coefficient (Wildman–Crippen LogP) is 2.60. The van der Waals surface area contributed by atoms with Crippen molar-refractivity contribution < 1.29 is 19.2 Å². The van der Waals surface area contributed by atoms with Crippen LogP contribution in [0, 0.1) is 11.8 Å². The molecule has 0 amide bonds. The minimum absolute atomic E-state index is 0.0562. The Morgan fingerprint density at radius 2 is 2.10 bits per heavy atom. The first-order valence-corrected chi connectivity index (χ1v) is 7.18. The zero-order chi connectivity index (χ0) is 14.5. The second-order valence-electron chi connectivity index (χ2n) is 5.79. The molecular formula is C14H22N2O4. The first-order chi connectivity index (χ1) is 9.56. The topological polar surface area (TPSA) is 85.5 Å². The molecule has 1 aromatic heterocycles. The lowest BCUT2D eigenvalue weighted by Gasteiger charge is -2.29. The second-order valence-corrected chi connectivity index (χ2v) is 5.79. The third kappa shape index (κ3) is 4.03. The van der Waals surface area contributed by atoms with Crippen molar-refractivity contribution in [3.63, 3.8) is 0 Å². The number of carboxylic acid groups (broad SMARTS) is 1. The average molecular weight is 282 g/mol. The summed E-state index contributed by atoms with van der Waals surface area (Å²) in [4.78, 5) is 14.6. The van der Waals surface area contributed by atoms with Crippen molar-refractivity contribution in [2.75, 3.05) is 6.61 Å². The second kappa shape index (κ2) is 6.83. The molecule has 0 unspecified atom stereocenters. The van der Waals surface area contributed by atoms with Crippen LogP contribution in [0.2, 0.25) is 0 Å². The van der Waals surface area contributed by atoms with E-state index in [4.69, 9.17) is 14.4 Å². The molecule has 0 spiro atoms. The largest absolute Gasteiger partial charge is 0.480 e. The first-order valence-electron chi connectivity index (χ1n) is 7.18. The molecule has 112 valence electrons. The normalized spacial score (nSPS) is 23.1. The van der Waals surface area contributed by atoms with Crippen LogP contribution in [0.25, 0.3) is 0 Å². The Kier molecular flexibility index (Phi) is 5.11. The van der Waals surface area contributed by atoms with Crippen molar-refractivity contribution in [3.05, 3.63) is 11.7 Å². The van der Waals surface area contributed by atoms with E-state index in [-0.39, 0.29) is 13.2 Å². The third-order valence-corrected chi connectivity index (χ3v) is 4.01. The fourth-order valence-corrected chi connectivity index (χ4v) is 2.76. The van der Waals surface area contributed by atoms with Gasteiger partial charge in [0.25, 0.3) is 5.89 Å². The SMILES string of the molecule is CC(C)C1CCC(c2noc(COCC(=O)O)n2)CC1. The van der Waals surface area contributed by atoms with E-state index in [1.54, 1.807) is 0 Å². The maximum atomic E-state index is 10.3. The Morgan fingerprint density at radius 3 is 2.70 bits per heavy atom. The summed E-state index contributed by atoms with van der Waals surface area (Å²) in [5.41, 5.74) is 0. The summed E-state index contributed by atoms with van der Waals surface area (Å²) in [6.07, 6.45) is 4.61. The van der Waals surface area contributed by atoms with Crippen molar-refractivity contribution in [2.24, 2.45) is 11.8 Å². The lowest BCUT2D eigenvalue weighted by Crippen LogP contribution is -2.18. The Balaban J connectivity index is 1.82. The highest BCUT2D eigenvalue weighted by atomic mass is 16.5. The molecule has 0 aromatic carbocycles. The van der Waals surface area contributed by atoms with Crippen molar-refractivity contribution in [2.45, 2.75) is 52.1 Å². The van der Waals surface area contributed by atoms with Crippen LogP contribution in [-0.2, 0) is 16.1 Å². The molecule has 6 nitrogen and oxygen atoms in total. The van der Waals surface area contributed by atoms with Crippen molar-refractivity contribution in [3.8, 4) is 0 Å². The van der Waals surface area contributed by atoms with Crippen LogP contribution < -0.4 is 0 Å². The minimum Gasteiger partial charge on any atom is -0.480 e. The number of aromatic nitrogens is 2. The van der Waals surface area contributed by atoms with Crippen LogP contribution in [0.5, 0.6) is 0 Å². The lowest BCUT2D eigenvalue weighted by molar-refractivity contribution is -0.142. The van der Waals surface area contributed by atoms with Crippen LogP contribution in [-0.4, -0.2) is 27.8 Å². The molecule has 2 rings (SSSR count). The first kappa shape index (κ1) is 15.0. The summed E-state index contributed by atoms with van der Waals surface area (Å²) in [6.45, 7) is 4.26. The van der Waals surface area contributed by atoms with E-state index in [0.29, 0.717) is 11.8 Å². The summed E-state index contributed by atoms with van der Waals surface area (Å²) in [5.74, 6) is 1.99. The molecule has 1 heterocycles. The number of hydrogen-bond donors (Lipinski definition) is 1. The van der Waals surface area contributed by atoms with Gasteiger partial charge in [0.15, 0.2) is 5.82 Å². The zero-order valence-electron chi connectivity index (χ0n) is 12.0. The molecule has 0 aliphatic heterocycles. The number of carbonyl (C=O) groups is 1. The van der Waals surface area contributed by atoms with Gasteiger partial charge in [-0.3, -0.25) is 0 Å². The molecule has 1 aromatic rings. The molecule has 0 saturated heterocycles. The number of nitrogens with zero attached hydrogens (tertiary/aromatic N) is 2. The number of aliphatic carboxylic acids is 1. The summed E-state index contributed by atoms with van der Waals surface area (Å²) < 4.78 is 10.0. The Hall–Kier alpha value is -1.43. The van der Waals surface area contributed by atoms with Gasteiger partial charge in [0.1, 0.15) is 13.2 Å². The van der Waals surface area contributed by atoms with Gasteiger partial charge in [-0.05, 0) is 37.5 Å². The molecule has 6 heteroatoms. The molecule has 0 radical (unpaired) electrons. The van der Waals surface area contributed by atoms with Gasteiger partial charge in [0.05, 0.1) is 0 Å². The Labute approximate surface area is 118 Å². The van der Waals surface area contributed by atoms with E-state index >= 15 is 0 Å². The maximum absolute atomic E-state index is 10.3. The fraction of sp³-hybridized carbons (Fsp3) is 0.786. The Morgan fingerprint density at radius 1 is 1.40 bits per heavy atom. The summed E-state index contributed by atoms with van der Waals surface area (Å²) >= 11 is 0. The van der Waals surface area contributed by atoms with Crippen molar-refractivity contribution in [1.29, 1.82) is 0 Å². The van der Waals surface area contributed by atoms with Gasteiger partial charge in [0.2, 0.25) is 0 Å². The smallest absolute Gasteiger partial charge is 0.329 e. The van der Waals surface area contributed by atoms with E-state index in [2.05, 4.69) is 24.0 Å². The van der Waals surface area contributed by atoms with Crippen LogP contribution in [0.15, 0.2) is 4.52 Å². The highest BCUT2D eigenvalue weighted by Crippen LogP contribution is 2.37. The predicted molar refractivity (Wildman–Crippen MR) is 71.1 cm³/mol. The molecule has 0 bridgehead atoms. The van der Waals surface area contributed by atoms with Crippen LogP contribution in [0.3, 0.4) is 0 Å². The van der Waals surface area contributed by atoms with Gasteiger partial charge in [-0.2, -0.15) is 4.98 Å². The molecular weight excluding hydrogens is 260 g/mol. The fourth-order valence-electron chi connectivity index (χ4n) is 2.76. The minimum atomic E-state index is -1.00. The average Bonchev–Trinajstić information content (AvgIpc) is 2.87. The van der Waals surface area contributed by atoms with Crippen molar-refractivity contribution >= 4 is 5.97 Å². The highest BCUT2D eigenvalue weighted by molar-refractivity contribution is 5.67. The lowest BCUT2D eigenvalue weighted by atomic mass is 9.77.